The van der Waals surface area contributed by atoms with Crippen LogP contribution in [0.4, 0.5) is 5.69 Å². The molecule has 0 bridgehead atoms. The number of carbonyl (C=O) groups excluding carboxylic acids is 2. The Kier molecular flexibility index (Phi) is 5.99. The molecule has 0 radical (unpaired) electrons. The van der Waals surface area contributed by atoms with Crippen LogP contribution >= 0.6 is 0 Å². The molecule has 118 valence electrons. The first kappa shape index (κ1) is 17.1. The van der Waals surface area contributed by atoms with E-state index in [0.29, 0.717) is 0 Å². The van der Waals surface area contributed by atoms with Crippen molar-refractivity contribution >= 4 is 23.7 Å². The Morgan fingerprint density at radius 3 is 2.27 bits per heavy atom. The Morgan fingerprint density at radius 1 is 1.27 bits per heavy atom. The first-order chi connectivity index (χ1) is 10.4. The first-order valence-corrected chi connectivity index (χ1v) is 6.34. The van der Waals surface area contributed by atoms with Gasteiger partial charge in [0.1, 0.15) is 0 Å². The Labute approximate surface area is 125 Å². The van der Waals surface area contributed by atoms with Crippen LogP contribution < -0.4 is 4.73 Å². The average Bonchev–Trinajstić information content (AvgIpc) is 2.45. The topological polar surface area (TPSA) is 123 Å². The third-order valence-corrected chi connectivity index (χ3v) is 2.44. The van der Waals surface area contributed by atoms with E-state index in [-0.39, 0.29) is 17.9 Å². The molecule has 9 nitrogen and oxygen atoms in total. The molecule has 0 aliphatic heterocycles. The highest BCUT2D eigenvalue weighted by atomic mass is 16.6. The molecule has 0 aliphatic carbocycles. The van der Waals surface area contributed by atoms with E-state index in [1.165, 1.54) is 19.9 Å². The van der Waals surface area contributed by atoms with Crippen molar-refractivity contribution in [2.75, 3.05) is 13.2 Å². The number of hydrogen-bond donors (Lipinski definition) is 0. The number of nitro groups is 1. The quantitative estimate of drug-likeness (QED) is 0.111. The summed E-state index contributed by atoms with van der Waals surface area (Å²) in [6.07, 6.45) is 1.80. The van der Waals surface area contributed by atoms with E-state index in [9.17, 15) is 24.9 Å². The van der Waals surface area contributed by atoms with Crippen molar-refractivity contribution in [3.63, 3.8) is 0 Å². The summed E-state index contributed by atoms with van der Waals surface area (Å²) < 4.78 is 9.57. The second-order valence-electron chi connectivity index (χ2n) is 3.86. The molecule has 0 aliphatic rings. The summed E-state index contributed by atoms with van der Waals surface area (Å²) in [6, 6.07) is 2.25. The molecular weight excluding hydrogens is 296 g/mol. The van der Waals surface area contributed by atoms with E-state index in [1.54, 1.807) is 0 Å². The summed E-state index contributed by atoms with van der Waals surface area (Å²) in [5.74, 6) is -2.06. The molecule has 0 atom stereocenters. The SMILES string of the molecule is CCOC(=O)C(=Cc1c([N+](=O)[O-])ccc[n+]1[O-])C(=O)OCC. The molecule has 0 saturated carbocycles. The largest absolute Gasteiger partial charge is 0.618 e. The minimum Gasteiger partial charge on any atom is -0.618 e. The van der Waals surface area contributed by atoms with Crippen LogP contribution in [0.2, 0.25) is 0 Å². The normalized spacial score (nSPS) is 9.73. The molecule has 1 aromatic heterocycles. The molecule has 1 aromatic rings. The molecule has 0 unspecified atom stereocenters. The number of pyridine rings is 1. The Morgan fingerprint density at radius 2 is 1.82 bits per heavy atom. The van der Waals surface area contributed by atoms with Crippen molar-refractivity contribution in [3.05, 3.63) is 44.9 Å². The van der Waals surface area contributed by atoms with Crippen LogP contribution in [0.1, 0.15) is 19.5 Å². The minimum atomic E-state index is -1.03. The molecule has 0 aromatic carbocycles. The van der Waals surface area contributed by atoms with Gasteiger partial charge in [0.15, 0.2) is 11.8 Å². The lowest BCUT2D eigenvalue weighted by atomic mass is 10.2. The van der Waals surface area contributed by atoms with Gasteiger partial charge in [0, 0.05) is 18.2 Å². The van der Waals surface area contributed by atoms with Gasteiger partial charge in [0.2, 0.25) is 0 Å². The first-order valence-electron chi connectivity index (χ1n) is 6.34. The third kappa shape index (κ3) is 4.01. The summed E-state index contributed by atoms with van der Waals surface area (Å²) in [5, 5.41) is 22.6. The maximum absolute atomic E-state index is 11.8. The zero-order valence-electron chi connectivity index (χ0n) is 12.0. The predicted molar refractivity (Wildman–Crippen MR) is 73.3 cm³/mol. The zero-order valence-corrected chi connectivity index (χ0v) is 12.0. The molecule has 1 rings (SSSR count). The van der Waals surface area contributed by atoms with Crippen molar-refractivity contribution in [1.82, 2.24) is 0 Å². The molecule has 0 saturated heterocycles. The van der Waals surface area contributed by atoms with Crippen LogP contribution in [-0.4, -0.2) is 30.1 Å². The van der Waals surface area contributed by atoms with Crippen molar-refractivity contribution < 1.29 is 28.7 Å². The van der Waals surface area contributed by atoms with Gasteiger partial charge in [-0.25, -0.2) is 9.59 Å². The van der Waals surface area contributed by atoms with Gasteiger partial charge in [-0.2, -0.15) is 4.73 Å². The van der Waals surface area contributed by atoms with Gasteiger partial charge in [-0.3, -0.25) is 10.1 Å². The lowest BCUT2D eigenvalue weighted by Crippen LogP contribution is -2.31. The smallest absolute Gasteiger partial charge is 0.345 e. The maximum Gasteiger partial charge on any atom is 0.345 e. The van der Waals surface area contributed by atoms with E-state index in [1.807, 2.05) is 0 Å². The van der Waals surface area contributed by atoms with E-state index in [0.717, 1.165) is 18.3 Å². The summed E-state index contributed by atoms with van der Waals surface area (Å²) >= 11 is 0. The Balaban J connectivity index is 3.42. The zero-order chi connectivity index (χ0) is 16.7. The summed E-state index contributed by atoms with van der Waals surface area (Å²) in [7, 11) is 0. The number of rotatable bonds is 6. The molecular formula is C13H14N2O7. The lowest BCUT2D eigenvalue weighted by Gasteiger charge is -2.07. The van der Waals surface area contributed by atoms with Crippen LogP contribution in [0.25, 0.3) is 6.08 Å². The number of carbonyl (C=O) groups is 2. The molecule has 9 heteroatoms. The monoisotopic (exact) mass is 310 g/mol. The summed E-state index contributed by atoms with van der Waals surface area (Å²) in [6.45, 7) is 3.03. The van der Waals surface area contributed by atoms with Gasteiger partial charge < -0.3 is 14.7 Å². The second-order valence-corrected chi connectivity index (χ2v) is 3.86. The van der Waals surface area contributed by atoms with Crippen molar-refractivity contribution in [2.45, 2.75) is 13.8 Å². The Bertz CT molecular complexity index is 605. The number of esters is 2. The predicted octanol–water partition coefficient (Wildman–Crippen LogP) is 0.738. The van der Waals surface area contributed by atoms with Gasteiger partial charge in [0.25, 0.3) is 5.69 Å². The molecule has 0 fully saturated rings. The van der Waals surface area contributed by atoms with Crippen LogP contribution in [-0.2, 0) is 19.1 Å². The third-order valence-electron chi connectivity index (χ3n) is 2.44. The fourth-order valence-corrected chi connectivity index (χ4v) is 1.54. The minimum absolute atomic E-state index is 0.0101. The van der Waals surface area contributed by atoms with Crippen LogP contribution in [0, 0.1) is 15.3 Å². The Hall–Kier alpha value is -2.97. The lowest BCUT2D eigenvalue weighted by molar-refractivity contribution is -0.611. The maximum atomic E-state index is 11.8. The summed E-state index contributed by atoms with van der Waals surface area (Å²) in [5.41, 5.74) is -1.62. The second kappa shape index (κ2) is 7.72. The van der Waals surface area contributed by atoms with Crippen molar-refractivity contribution in [3.8, 4) is 0 Å². The van der Waals surface area contributed by atoms with Crippen LogP contribution in [0.5, 0.6) is 0 Å². The van der Waals surface area contributed by atoms with Gasteiger partial charge in [0.05, 0.1) is 18.1 Å². The number of hydrogen-bond acceptors (Lipinski definition) is 7. The number of nitrogens with zero attached hydrogens (tertiary/aromatic N) is 2. The van der Waals surface area contributed by atoms with Crippen LogP contribution in [0.15, 0.2) is 23.9 Å². The molecule has 1 heterocycles. The summed E-state index contributed by atoms with van der Waals surface area (Å²) in [4.78, 5) is 33.7. The fraction of sp³-hybridized carbons (Fsp3) is 0.308. The van der Waals surface area contributed by atoms with Crippen LogP contribution in [0.3, 0.4) is 0 Å². The van der Waals surface area contributed by atoms with Gasteiger partial charge in [-0.1, -0.05) is 0 Å². The van der Waals surface area contributed by atoms with E-state index in [4.69, 9.17) is 9.47 Å². The molecule has 22 heavy (non-hydrogen) atoms. The van der Waals surface area contributed by atoms with Crippen molar-refractivity contribution in [2.24, 2.45) is 0 Å². The van der Waals surface area contributed by atoms with Gasteiger partial charge in [-0.15, -0.1) is 0 Å². The highest BCUT2D eigenvalue weighted by Crippen LogP contribution is 2.18. The van der Waals surface area contributed by atoms with E-state index < -0.39 is 33.8 Å². The number of ether oxygens (including phenoxy) is 2. The molecule has 0 N–H and O–H groups in total. The van der Waals surface area contributed by atoms with Crippen molar-refractivity contribution in [1.29, 1.82) is 0 Å². The highest BCUT2D eigenvalue weighted by molar-refractivity contribution is 6.17. The molecule has 0 spiro atoms. The van der Waals surface area contributed by atoms with E-state index in [2.05, 4.69) is 0 Å². The standard InChI is InChI=1S/C13H14N2O7/c1-3-21-12(16)9(13(17)22-4-2)8-11-10(15(19)20)6-5-7-14(11)18/h5-8H,3-4H2,1-2H3. The average molecular weight is 310 g/mol. The number of aromatic nitrogens is 1. The molecule has 0 amide bonds. The highest BCUT2D eigenvalue weighted by Gasteiger charge is 2.27. The fourth-order valence-electron chi connectivity index (χ4n) is 1.54. The van der Waals surface area contributed by atoms with Gasteiger partial charge >= 0.3 is 17.6 Å². The van der Waals surface area contributed by atoms with E-state index >= 15 is 0 Å². The van der Waals surface area contributed by atoms with Gasteiger partial charge in [-0.05, 0) is 13.8 Å².